The van der Waals surface area contributed by atoms with Crippen LogP contribution in [0.25, 0.3) is 0 Å². The van der Waals surface area contributed by atoms with E-state index in [-0.39, 0.29) is 0 Å². The Hall–Kier alpha value is -1.55. The molecule has 0 amide bonds. The molecule has 0 aliphatic heterocycles. The first-order chi connectivity index (χ1) is 10.5. The number of aliphatic imine (C=N–C) groups is 1. The molecule has 0 bridgehead atoms. The Balaban J connectivity index is 2.51. The summed E-state index contributed by atoms with van der Waals surface area (Å²) in [5.74, 6) is 1.21. The van der Waals surface area contributed by atoms with Crippen LogP contribution in [0, 0.1) is 5.92 Å². The van der Waals surface area contributed by atoms with E-state index < -0.39 is 0 Å². The summed E-state index contributed by atoms with van der Waals surface area (Å²) < 4.78 is 0. The summed E-state index contributed by atoms with van der Waals surface area (Å²) >= 11 is 0. The highest BCUT2D eigenvalue weighted by atomic mass is 15.1. The standard InChI is InChI=1S/C18H32N4/c1-5-22(6-2)14-17-9-7-8-16(12-17)13-21-18(19)20-11-10-15(3)4/h7-9,12,15H,5-6,10-11,13-14H2,1-4H3,(H3,19,20,21). The van der Waals surface area contributed by atoms with Crippen LogP contribution in [0.3, 0.4) is 0 Å². The highest BCUT2D eigenvalue weighted by molar-refractivity contribution is 5.77. The minimum atomic E-state index is 0.537. The van der Waals surface area contributed by atoms with Crippen LogP contribution in [-0.4, -0.2) is 30.5 Å². The number of guanidine groups is 1. The number of nitrogens with one attached hydrogen (secondary N) is 1. The molecule has 22 heavy (non-hydrogen) atoms. The van der Waals surface area contributed by atoms with Crippen molar-refractivity contribution in [2.24, 2.45) is 16.6 Å². The van der Waals surface area contributed by atoms with Crippen molar-refractivity contribution in [3.05, 3.63) is 35.4 Å². The van der Waals surface area contributed by atoms with Gasteiger partial charge < -0.3 is 11.1 Å². The molecule has 124 valence electrons. The third kappa shape index (κ3) is 7.46. The molecule has 0 atom stereocenters. The molecule has 0 unspecified atom stereocenters. The second-order valence-electron chi connectivity index (χ2n) is 6.09. The Labute approximate surface area is 135 Å². The van der Waals surface area contributed by atoms with Gasteiger partial charge in [0.15, 0.2) is 5.96 Å². The lowest BCUT2D eigenvalue weighted by Gasteiger charge is -2.18. The van der Waals surface area contributed by atoms with Gasteiger partial charge in [-0.1, -0.05) is 52.0 Å². The summed E-state index contributed by atoms with van der Waals surface area (Å²) in [6.45, 7) is 13.5. The van der Waals surface area contributed by atoms with Crippen molar-refractivity contribution in [2.45, 2.75) is 47.2 Å². The largest absolute Gasteiger partial charge is 0.370 e. The van der Waals surface area contributed by atoms with Gasteiger partial charge in [0.05, 0.1) is 6.54 Å². The quantitative estimate of drug-likeness (QED) is 0.545. The van der Waals surface area contributed by atoms with Crippen LogP contribution in [0.2, 0.25) is 0 Å². The van der Waals surface area contributed by atoms with E-state index in [4.69, 9.17) is 5.73 Å². The maximum Gasteiger partial charge on any atom is 0.188 e. The SMILES string of the molecule is CCN(CC)Cc1cccc(CN=C(N)NCCC(C)C)c1. The smallest absolute Gasteiger partial charge is 0.188 e. The third-order valence-corrected chi connectivity index (χ3v) is 3.75. The molecule has 0 fully saturated rings. The number of hydrogen-bond acceptors (Lipinski definition) is 2. The molecular formula is C18H32N4. The molecule has 0 aromatic heterocycles. The lowest BCUT2D eigenvalue weighted by atomic mass is 10.1. The molecule has 0 saturated heterocycles. The van der Waals surface area contributed by atoms with E-state index in [1.807, 2.05) is 0 Å². The molecule has 0 saturated carbocycles. The second kappa shape index (κ2) is 10.2. The molecule has 3 N–H and O–H groups in total. The Bertz CT molecular complexity index is 450. The maximum atomic E-state index is 5.90. The topological polar surface area (TPSA) is 53.6 Å². The van der Waals surface area contributed by atoms with Gasteiger partial charge in [-0.2, -0.15) is 0 Å². The Morgan fingerprint density at radius 1 is 1.23 bits per heavy atom. The first kappa shape index (κ1) is 18.5. The zero-order valence-corrected chi connectivity index (χ0v) is 14.6. The Morgan fingerprint density at radius 3 is 2.55 bits per heavy atom. The molecule has 1 aromatic carbocycles. The molecule has 0 aliphatic carbocycles. The van der Waals surface area contributed by atoms with E-state index >= 15 is 0 Å². The van der Waals surface area contributed by atoms with E-state index in [0.717, 1.165) is 32.6 Å². The van der Waals surface area contributed by atoms with Crippen LogP contribution < -0.4 is 11.1 Å². The van der Waals surface area contributed by atoms with Gasteiger partial charge in [0, 0.05) is 13.1 Å². The minimum Gasteiger partial charge on any atom is -0.370 e. The fourth-order valence-corrected chi connectivity index (χ4v) is 2.25. The third-order valence-electron chi connectivity index (χ3n) is 3.75. The van der Waals surface area contributed by atoms with Crippen LogP contribution in [0.1, 0.15) is 45.2 Å². The number of rotatable bonds is 9. The van der Waals surface area contributed by atoms with Crippen LogP contribution in [0.5, 0.6) is 0 Å². The summed E-state index contributed by atoms with van der Waals surface area (Å²) in [5, 5.41) is 3.17. The van der Waals surface area contributed by atoms with Crippen molar-refractivity contribution in [2.75, 3.05) is 19.6 Å². The van der Waals surface area contributed by atoms with E-state index in [0.29, 0.717) is 18.4 Å². The van der Waals surface area contributed by atoms with E-state index in [1.165, 1.54) is 11.1 Å². The predicted octanol–water partition coefficient (Wildman–Crippen LogP) is 2.98. The zero-order chi connectivity index (χ0) is 16.4. The fourth-order valence-electron chi connectivity index (χ4n) is 2.25. The van der Waals surface area contributed by atoms with Gasteiger partial charge in [0.25, 0.3) is 0 Å². The van der Waals surface area contributed by atoms with Crippen molar-refractivity contribution >= 4 is 5.96 Å². The lowest BCUT2D eigenvalue weighted by molar-refractivity contribution is 0.296. The molecule has 1 rings (SSSR count). The minimum absolute atomic E-state index is 0.537. The molecule has 4 nitrogen and oxygen atoms in total. The average molecular weight is 304 g/mol. The number of nitrogens with zero attached hydrogens (tertiary/aromatic N) is 2. The normalized spacial score (nSPS) is 12.2. The van der Waals surface area contributed by atoms with Gasteiger partial charge in [0.1, 0.15) is 0 Å². The molecule has 1 aromatic rings. The monoisotopic (exact) mass is 304 g/mol. The van der Waals surface area contributed by atoms with Crippen LogP contribution in [-0.2, 0) is 13.1 Å². The van der Waals surface area contributed by atoms with Crippen LogP contribution in [0.4, 0.5) is 0 Å². The lowest BCUT2D eigenvalue weighted by Crippen LogP contribution is -2.32. The highest BCUT2D eigenvalue weighted by Crippen LogP contribution is 2.09. The second-order valence-corrected chi connectivity index (χ2v) is 6.09. The summed E-state index contributed by atoms with van der Waals surface area (Å²) in [4.78, 5) is 6.83. The van der Waals surface area contributed by atoms with Gasteiger partial charge in [0.2, 0.25) is 0 Å². The molecule has 0 radical (unpaired) electrons. The number of benzene rings is 1. The Kier molecular flexibility index (Phi) is 8.60. The predicted molar refractivity (Wildman–Crippen MR) is 95.9 cm³/mol. The molecule has 0 aliphatic rings. The molecular weight excluding hydrogens is 272 g/mol. The van der Waals surface area contributed by atoms with Crippen LogP contribution in [0.15, 0.2) is 29.3 Å². The first-order valence-corrected chi connectivity index (χ1v) is 8.39. The van der Waals surface area contributed by atoms with E-state index in [9.17, 15) is 0 Å². The molecule has 0 heterocycles. The van der Waals surface area contributed by atoms with Crippen molar-refractivity contribution < 1.29 is 0 Å². The highest BCUT2D eigenvalue weighted by Gasteiger charge is 2.02. The summed E-state index contributed by atoms with van der Waals surface area (Å²) in [6.07, 6.45) is 1.11. The van der Waals surface area contributed by atoms with Crippen LogP contribution >= 0.6 is 0 Å². The van der Waals surface area contributed by atoms with Gasteiger partial charge >= 0.3 is 0 Å². The average Bonchev–Trinajstić information content (AvgIpc) is 2.50. The Morgan fingerprint density at radius 2 is 1.91 bits per heavy atom. The summed E-state index contributed by atoms with van der Waals surface area (Å²) in [5.41, 5.74) is 8.44. The van der Waals surface area contributed by atoms with Crippen molar-refractivity contribution in [3.63, 3.8) is 0 Å². The van der Waals surface area contributed by atoms with Gasteiger partial charge in [-0.05, 0) is 36.6 Å². The number of hydrogen-bond donors (Lipinski definition) is 2. The van der Waals surface area contributed by atoms with Gasteiger partial charge in [-0.15, -0.1) is 0 Å². The molecule has 0 spiro atoms. The summed E-state index contributed by atoms with van der Waals surface area (Å²) in [6, 6.07) is 8.61. The van der Waals surface area contributed by atoms with E-state index in [1.54, 1.807) is 0 Å². The zero-order valence-electron chi connectivity index (χ0n) is 14.6. The molecule has 4 heteroatoms. The fraction of sp³-hybridized carbons (Fsp3) is 0.611. The van der Waals surface area contributed by atoms with E-state index in [2.05, 4.69) is 67.2 Å². The number of nitrogens with two attached hydrogens (primary N) is 1. The summed E-state index contributed by atoms with van der Waals surface area (Å²) in [7, 11) is 0. The van der Waals surface area contributed by atoms with Crippen molar-refractivity contribution in [3.8, 4) is 0 Å². The maximum absolute atomic E-state index is 5.90. The van der Waals surface area contributed by atoms with Gasteiger partial charge in [-0.3, -0.25) is 4.90 Å². The first-order valence-electron chi connectivity index (χ1n) is 8.39. The van der Waals surface area contributed by atoms with Crippen molar-refractivity contribution in [1.29, 1.82) is 0 Å². The van der Waals surface area contributed by atoms with Gasteiger partial charge in [-0.25, -0.2) is 4.99 Å². The van der Waals surface area contributed by atoms with Crippen molar-refractivity contribution in [1.82, 2.24) is 10.2 Å².